The summed E-state index contributed by atoms with van der Waals surface area (Å²) in [5, 5.41) is 0. The van der Waals surface area contributed by atoms with Gasteiger partial charge in [0.15, 0.2) is 0 Å². The van der Waals surface area contributed by atoms with Crippen LogP contribution in [0.3, 0.4) is 0 Å². The van der Waals surface area contributed by atoms with Crippen molar-refractivity contribution in [3.05, 3.63) is 48.0 Å². The molecule has 1 saturated heterocycles. The van der Waals surface area contributed by atoms with E-state index < -0.39 is 59.1 Å². The number of piperidine rings is 1. The van der Waals surface area contributed by atoms with Crippen LogP contribution in [0.15, 0.2) is 57.2 Å². The van der Waals surface area contributed by atoms with Gasteiger partial charge >= 0.3 is 12.3 Å². The van der Waals surface area contributed by atoms with Crippen LogP contribution in [0, 0.1) is 0 Å². The monoisotopic (exact) mass is 591 g/mol. The quantitative estimate of drug-likeness (QED) is 0.534. The molecule has 1 heterocycles. The largest absolute Gasteiger partial charge is 0.444 e. The lowest BCUT2D eigenvalue weighted by Gasteiger charge is -2.33. The van der Waals surface area contributed by atoms with Crippen molar-refractivity contribution in [2.45, 2.75) is 66.1 Å². The number of nitrogens with one attached hydrogen (secondary N) is 1. The molecule has 1 aliphatic heterocycles. The maximum absolute atomic E-state index is 13.8. The molecule has 1 aliphatic rings. The van der Waals surface area contributed by atoms with Crippen molar-refractivity contribution < 1.29 is 39.5 Å². The van der Waals surface area contributed by atoms with Crippen LogP contribution < -0.4 is 9.62 Å². The van der Waals surface area contributed by atoms with Crippen LogP contribution in [0.25, 0.3) is 0 Å². The predicted molar refractivity (Wildman–Crippen MR) is 139 cm³/mol. The summed E-state index contributed by atoms with van der Waals surface area (Å²) in [5.74, 6) is 0. The number of hydrogen-bond acceptors (Lipinski definition) is 7. The molecule has 2 aromatic carbocycles. The molecule has 0 aromatic heterocycles. The minimum absolute atomic E-state index is 0.131. The summed E-state index contributed by atoms with van der Waals surface area (Å²) in [7, 11) is -5.62. The van der Waals surface area contributed by atoms with E-state index in [0.717, 1.165) is 6.07 Å². The number of anilines is 1. The van der Waals surface area contributed by atoms with E-state index in [-0.39, 0.29) is 30.8 Å². The number of carbonyl (C=O) groups is 1. The molecule has 2 aromatic rings. The summed E-state index contributed by atoms with van der Waals surface area (Å²) in [6.45, 7) is 5.38. The summed E-state index contributed by atoms with van der Waals surface area (Å²) in [6, 6.07) is 6.63. The molecule has 0 atom stereocenters. The van der Waals surface area contributed by atoms with E-state index in [9.17, 15) is 34.8 Å². The Morgan fingerprint density at radius 1 is 0.949 bits per heavy atom. The summed E-state index contributed by atoms with van der Waals surface area (Å²) in [4.78, 5) is 13.4. The number of nitrogens with zero attached hydrogens (tertiary/aromatic N) is 2. The van der Waals surface area contributed by atoms with E-state index in [1.54, 1.807) is 39.8 Å². The van der Waals surface area contributed by atoms with Crippen LogP contribution in [-0.4, -0.2) is 66.7 Å². The van der Waals surface area contributed by atoms with Crippen LogP contribution >= 0.6 is 0 Å². The van der Waals surface area contributed by atoms with Gasteiger partial charge in [-0.3, -0.25) is 0 Å². The Balaban J connectivity index is 1.89. The first-order chi connectivity index (χ1) is 17.8. The van der Waals surface area contributed by atoms with Gasteiger partial charge in [-0.05, 0) is 76.1 Å². The third-order valence-corrected chi connectivity index (χ3v) is 9.32. The highest BCUT2D eigenvalue weighted by molar-refractivity contribution is 7.91. The predicted octanol–water partition coefficient (Wildman–Crippen LogP) is 4.28. The number of carbonyl (C=O) groups excluding carboxylic acids is 1. The minimum Gasteiger partial charge on any atom is -0.444 e. The molecule has 1 amide bonds. The molecular formula is C25H32F3N3O6S2. The Bertz CT molecular complexity index is 1410. The van der Waals surface area contributed by atoms with Gasteiger partial charge in [-0.1, -0.05) is 0 Å². The summed E-state index contributed by atoms with van der Waals surface area (Å²) < 4.78 is 102. The van der Waals surface area contributed by atoms with Crippen molar-refractivity contribution in [1.29, 1.82) is 0 Å². The Hall–Kier alpha value is -2.84. The van der Waals surface area contributed by atoms with Crippen LogP contribution in [0.2, 0.25) is 0 Å². The van der Waals surface area contributed by atoms with E-state index in [1.807, 2.05) is 0 Å². The molecule has 1 fully saturated rings. The zero-order valence-corrected chi connectivity index (χ0v) is 23.9. The van der Waals surface area contributed by atoms with Crippen molar-refractivity contribution in [2.75, 3.05) is 32.1 Å². The standard InChI is InChI=1S/C25H32F3N3O6S2/c1-24(2,3)37-23(32)31-14-12-17(13-15-31)29-39(35,36)22-16-20(10-11-21(22)25(26,27)28)38(33,34)19-8-6-18(7-9-19)30(4)5/h6-11,16-17,29H,12-15H2,1-5H3. The van der Waals surface area contributed by atoms with Crippen LogP contribution in [0.5, 0.6) is 0 Å². The number of halogens is 3. The number of hydrogen-bond donors (Lipinski definition) is 1. The summed E-state index contributed by atoms with van der Waals surface area (Å²) in [5.41, 5.74) is -1.50. The van der Waals surface area contributed by atoms with Crippen LogP contribution in [0.1, 0.15) is 39.2 Å². The van der Waals surface area contributed by atoms with Gasteiger partial charge in [0.2, 0.25) is 19.9 Å². The number of amides is 1. The fourth-order valence-electron chi connectivity index (χ4n) is 3.98. The van der Waals surface area contributed by atoms with Crippen molar-refractivity contribution in [3.8, 4) is 0 Å². The number of rotatable bonds is 6. The zero-order valence-electron chi connectivity index (χ0n) is 22.2. The molecule has 14 heteroatoms. The number of sulfone groups is 1. The molecule has 39 heavy (non-hydrogen) atoms. The van der Waals surface area contributed by atoms with E-state index in [2.05, 4.69) is 4.72 Å². The average Bonchev–Trinajstić information content (AvgIpc) is 2.82. The van der Waals surface area contributed by atoms with Crippen molar-refractivity contribution >= 4 is 31.6 Å². The lowest BCUT2D eigenvalue weighted by atomic mass is 10.1. The number of alkyl halides is 3. The maximum Gasteiger partial charge on any atom is 0.417 e. The van der Waals surface area contributed by atoms with Crippen molar-refractivity contribution in [3.63, 3.8) is 0 Å². The van der Waals surface area contributed by atoms with Crippen LogP contribution in [0.4, 0.5) is 23.7 Å². The highest BCUT2D eigenvalue weighted by atomic mass is 32.2. The first kappa shape index (κ1) is 30.7. The first-order valence-corrected chi connectivity index (χ1v) is 15.0. The molecule has 0 aliphatic carbocycles. The SMILES string of the molecule is CN(C)c1ccc(S(=O)(=O)c2ccc(C(F)(F)F)c(S(=O)(=O)NC3CCN(C(=O)OC(C)(C)C)CC3)c2)cc1. The molecular weight excluding hydrogens is 559 g/mol. The Morgan fingerprint density at radius 2 is 1.49 bits per heavy atom. The second-order valence-electron chi connectivity index (χ2n) is 10.4. The fourth-order valence-corrected chi connectivity index (χ4v) is 6.89. The normalized spacial score (nSPS) is 15.7. The van der Waals surface area contributed by atoms with E-state index in [1.165, 1.54) is 29.2 Å². The maximum atomic E-state index is 13.8. The Kier molecular flexibility index (Phi) is 8.63. The second-order valence-corrected chi connectivity index (χ2v) is 14.0. The van der Waals surface area contributed by atoms with E-state index in [0.29, 0.717) is 17.8 Å². The fraction of sp³-hybridized carbons (Fsp3) is 0.480. The van der Waals surface area contributed by atoms with Gasteiger partial charge in [-0.15, -0.1) is 0 Å². The third-order valence-electron chi connectivity index (χ3n) is 5.99. The number of ether oxygens (including phenoxy) is 1. The first-order valence-electron chi connectivity index (χ1n) is 12.1. The lowest BCUT2D eigenvalue weighted by molar-refractivity contribution is -0.140. The average molecular weight is 592 g/mol. The molecule has 0 bridgehead atoms. The van der Waals surface area contributed by atoms with Crippen LogP contribution in [-0.2, 0) is 30.8 Å². The Labute approximate surface area is 226 Å². The number of likely N-dealkylation sites (tertiary alicyclic amines) is 1. The minimum atomic E-state index is -5.06. The Morgan fingerprint density at radius 3 is 1.97 bits per heavy atom. The summed E-state index contributed by atoms with van der Waals surface area (Å²) >= 11 is 0. The van der Waals surface area contributed by atoms with E-state index >= 15 is 0 Å². The van der Waals surface area contributed by atoms with Gasteiger partial charge in [0.1, 0.15) is 5.60 Å². The zero-order chi connectivity index (χ0) is 29.4. The van der Waals surface area contributed by atoms with Gasteiger partial charge in [0.25, 0.3) is 0 Å². The van der Waals surface area contributed by atoms with Gasteiger partial charge in [0, 0.05) is 38.9 Å². The van der Waals surface area contributed by atoms with Gasteiger partial charge in [0.05, 0.1) is 20.2 Å². The van der Waals surface area contributed by atoms with Gasteiger partial charge < -0.3 is 14.5 Å². The van der Waals surface area contributed by atoms with Crippen molar-refractivity contribution in [2.24, 2.45) is 0 Å². The molecule has 9 nitrogen and oxygen atoms in total. The second kappa shape index (κ2) is 11.0. The van der Waals surface area contributed by atoms with Gasteiger partial charge in [-0.2, -0.15) is 13.2 Å². The van der Waals surface area contributed by atoms with Gasteiger partial charge in [-0.25, -0.2) is 26.4 Å². The highest BCUT2D eigenvalue weighted by Crippen LogP contribution is 2.37. The smallest absolute Gasteiger partial charge is 0.417 e. The molecule has 3 rings (SSSR count). The lowest BCUT2D eigenvalue weighted by Crippen LogP contribution is -2.47. The molecule has 0 unspecified atom stereocenters. The number of benzene rings is 2. The third kappa shape index (κ3) is 7.42. The molecule has 0 spiro atoms. The molecule has 0 radical (unpaired) electrons. The molecule has 0 saturated carbocycles. The highest BCUT2D eigenvalue weighted by Gasteiger charge is 2.39. The summed E-state index contributed by atoms with van der Waals surface area (Å²) in [6.07, 6.45) is -5.36. The van der Waals surface area contributed by atoms with E-state index in [4.69, 9.17) is 4.74 Å². The molecule has 1 N–H and O–H groups in total. The van der Waals surface area contributed by atoms with Crippen molar-refractivity contribution in [1.82, 2.24) is 9.62 Å². The molecule has 216 valence electrons. The topological polar surface area (TPSA) is 113 Å². The number of sulfonamides is 1.